The lowest BCUT2D eigenvalue weighted by molar-refractivity contribution is -0.121. The number of carbonyl (C=O) groups excluding carboxylic acids is 1. The van der Waals surface area contributed by atoms with E-state index in [1.54, 1.807) is 0 Å². The molecule has 2 N–H and O–H groups in total. The molecule has 0 spiro atoms. The smallest absolute Gasteiger partial charge is 0.231 e. The summed E-state index contributed by atoms with van der Waals surface area (Å²) < 4.78 is 10.6. The number of benzene rings is 1. The van der Waals surface area contributed by atoms with E-state index in [-0.39, 0.29) is 5.91 Å². The lowest BCUT2D eigenvalue weighted by Gasteiger charge is -2.12. The van der Waals surface area contributed by atoms with Gasteiger partial charge in [-0.15, -0.1) is 0 Å². The van der Waals surface area contributed by atoms with Crippen LogP contribution < -0.4 is 20.1 Å². The molecule has 1 fully saturated rings. The summed E-state index contributed by atoms with van der Waals surface area (Å²) in [6.45, 7) is 1.72. The first-order valence-electron chi connectivity index (χ1n) is 7.70. The Morgan fingerprint density at radius 1 is 1.19 bits per heavy atom. The number of rotatable bonds is 6. The number of carbonyl (C=O) groups is 1. The van der Waals surface area contributed by atoms with E-state index in [1.165, 1.54) is 12.8 Å². The summed E-state index contributed by atoms with van der Waals surface area (Å²) in [5.74, 6) is 1.75. The van der Waals surface area contributed by atoms with E-state index < -0.39 is 0 Å². The lowest BCUT2D eigenvalue weighted by Crippen LogP contribution is -2.34. The molecule has 1 saturated carbocycles. The van der Waals surface area contributed by atoms with Crippen LogP contribution in [0, 0.1) is 0 Å². The zero-order valence-corrected chi connectivity index (χ0v) is 12.2. The number of fused-ring (bicyclic) bond motifs is 1. The van der Waals surface area contributed by atoms with Crippen molar-refractivity contribution in [3.8, 4) is 11.5 Å². The maximum Gasteiger partial charge on any atom is 0.231 e. The molecule has 0 saturated heterocycles. The van der Waals surface area contributed by atoms with Crippen LogP contribution in [0.25, 0.3) is 0 Å². The van der Waals surface area contributed by atoms with E-state index in [9.17, 15) is 4.79 Å². The molecule has 0 bridgehead atoms. The molecule has 1 aliphatic carbocycles. The Balaban J connectivity index is 1.35. The molecule has 1 heterocycles. The second-order valence-electron chi connectivity index (χ2n) is 5.66. The highest BCUT2D eigenvalue weighted by Gasteiger charge is 2.16. The molecule has 5 nitrogen and oxygen atoms in total. The van der Waals surface area contributed by atoms with Gasteiger partial charge in [0.2, 0.25) is 12.7 Å². The zero-order valence-electron chi connectivity index (χ0n) is 12.2. The Labute approximate surface area is 125 Å². The fourth-order valence-corrected chi connectivity index (χ4v) is 2.86. The fraction of sp³-hybridized carbons (Fsp3) is 0.562. The van der Waals surface area contributed by atoms with Gasteiger partial charge in [0.25, 0.3) is 0 Å². The highest BCUT2D eigenvalue weighted by Crippen LogP contribution is 2.32. The molecule has 0 aromatic heterocycles. The Morgan fingerprint density at radius 2 is 2.00 bits per heavy atom. The molecule has 2 aliphatic rings. The summed E-state index contributed by atoms with van der Waals surface area (Å²) in [4.78, 5) is 11.8. The van der Waals surface area contributed by atoms with Gasteiger partial charge < -0.3 is 20.1 Å². The second kappa shape index (κ2) is 6.80. The molecule has 21 heavy (non-hydrogen) atoms. The SMILES string of the molecule is O=C(CCNCc1ccc2c(c1)OCO2)NC1CCCC1. The van der Waals surface area contributed by atoms with Crippen molar-refractivity contribution >= 4 is 5.91 Å². The average Bonchev–Trinajstić information content (AvgIpc) is 3.14. The Morgan fingerprint density at radius 3 is 2.86 bits per heavy atom. The molecule has 3 rings (SSSR count). The Kier molecular flexibility index (Phi) is 4.60. The highest BCUT2D eigenvalue weighted by molar-refractivity contribution is 5.76. The molecular weight excluding hydrogens is 268 g/mol. The van der Waals surface area contributed by atoms with E-state index >= 15 is 0 Å². The van der Waals surface area contributed by atoms with Crippen molar-refractivity contribution in [3.05, 3.63) is 23.8 Å². The normalized spacial score (nSPS) is 17.1. The Bertz CT molecular complexity index is 498. The van der Waals surface area contributed by atoms with Crippen LogP contribution in [-0.2, 0) is 11.3 Å². The van der Waals surface area contributed by atoms with Crippen LogP contribution >= 0.6 is 0 Å². The van der Waals surface area contributed by atoms with Crippen LogP contribution in [0.5, 0.6) is 11.5 Å². The molecule has 1 aromatic rings. The van der Waals surface area contributed by atoms with E-state index in [0.29, 0.717) is 25.8 Å². The number of ether oxygens (including phenoxy) is 2. The van der Waals surface area contributed by atoms with Gasteiger partial charge in [0, 0.05) is 25.6 Å². The van der Waals surface area contributed by atoms with Gasteiger partial charge in [-0.05, 0) is 30.5 Å². The number of hydrogen-bond acceptors (Lipinski definition) is 4. The lowest BCUT2D eigenvalue weighted by atomic mass is 10.2. The van der Waals surface area contributed by atoms with Crippen LogP contribution in [0.2, 0.25) is 0 Å². The third kappa shape index (κ3) is 3.88. The highest BCUT2D eigenvalue weighted by atomic mass is 16.7. The van der Waals surface area contributed by atoms with Gasteiger partial charge in [-0.3, -0.25) is 4.79 Å². The van der Waals surface area contributed by atoms with Crippen LogP contribution in [0.4, 0.5) is 0 Å². The first-order chi connectivity index (χ1) is 10.3. The van der Waals surface area contributed by atoms with E-state index in [2.05, 4.69) is 10.6 Å². The Hall–Kier alpha value is -1.75. The quantitative estimate of drug-likeness (QED) is 0.786. The summed E-state index contributed by atoms with van der Waals surface area (Å²) >= 11 is 0. The van der Waals surface area contributed by atoms with Gasteiger partial charge in [0.1, 0.15) is 0 Å². The number of hydrogen-bond donors (Lipinski definition) is 2. The molecule has 114 valence electrons. The fourth-order valence-electron chi connectivity index (χ4n) is 2.86. The van der Waals surface area contributed by atoms with Gasteiger partial charge >= 0.3 is 0 Å². The van der Waals surface area contributed by atoms with Crippen LogP contribution in [0.15, 0.2) is 18.2 Å². The van der Waals surface area contributed by atoms with Gasteiger partial charge in [0.05, 0.1) is 0 Å². The predicted octanol–water partition coefficient (Wildman–Crippen LogP) is 1.95. The van der Waals surface area contributed by atoms with Gasteiger partial charge in [-0.1, -0.05) is 18.9 Å². The largest absolute Gasteiger partial charge is 0.454 e. The summed E-state index contributed by atoms with van der Waals surface area (Å²) in [7, 11) is 0. The van der Waals surface area contributed by atoms with Crippen molar-refractivity contribution in [2.45, 2.75) is 44.7 Å². The molecule has 5 heteroatoms. The third-order valence-corrected chi connectivity index (χ3v) is 4.02. The minimum absolute atomic E-state index is 0.153. The maximum absolute atomic E-state index is 11.8. The van der Waals surface area contributed by atoms with Crippen molar-refractivity contribution in [3.63, 3.8) is 0 Å². The van der Waals surface area contributed by atoms with Gasteiger partial charge in [-0.2, -0.15) is 0 Å². The first-order valence-corrected chi connectivity index (χ1v) is 7.70. The van der Waals surface area contributed by atoms with E-state index in [1.807, 2.05) is 18.2 Å². The minimum atomic E-state index is 0.153. The van der Waals surface area contributed by atoms with Crippen molar-refractivity contribution in [1.29, 1.82) is 0 Å². The summed E-state index contributed by atoms with van der Waals surface area (Å²) in [5.41, 5.74) is 1.13. The molecule has 1 aliphatic heterocycles. The first kappa shape index (κ1) is 14.2. The van der Waals surface area contributed by atoms with Crippen molar-refractivity contribution < 1.29 is 14.3 Å². The monoisotopic (exact) mass is 290 g/mol. The van der Waals surface area contributed by atoms with Crippen LogP contribution in [-0.4, -0.2) is 25.3 Å². The molecule has 0 unspecified atom stereocenters. The molecular formula is C16H22N2O3. The molecule has 1 amide bonds. The summed E-state index contributed by atoms with van der Waals surface area (Å²) in [5, 5.41) is 6.39. The van der Waals surface area contributed by atoms with Crippen molar-refractivity contribution in [1.82, 2.24) is 10.6 Å². The molecule has 1 aromatic carbocycles. The number of amides is 1. The van der Waals surface area contributed by atoms with E-state index in [0.717, 1.165) is 36.4 Å². The summed E-state index contributed by atoms with van der Waals surface area (Å²) in [6, 6.07) is 6.32. The summed E-state index contributed by atoms with van der Waals surface area (Å²) in [6.07, 6.45) is 5.29. The second-order valence-corrected chi connectivity index (χ2v) is 5.66. The maximum atomic E-state index is 11.8. The predicted molar refractivity (Wildman–Crippen MR) is 79.3 cm³/mol. The van der Waals surface area contributed by atoms with E-state index in [4.69, 9.17) is 9.47 Å². The van der Waals surface area contributed by atoms with Crippen molar-refractivity contribution in [2.75, 3.05) is 13.3 Å². The topological polar surface area (TPSA) is 59.6 Å². The van der Waals surface area contributed by atoms with Crippen molar-refractivity contribution in [2.24, 2.45) is 0 Å². The average molecular weight is 290 g/mol. The minimum Gasteiger partial charge on any atom is -0.454 e. The van der Waals surface area contributed by atoms with Gasteiger partial charge in [-0.25, -0.2) is 0 Å². The third-order valence-electron chi connectivity index (χ3n) is 4.02. The van der Waals surface area contributed by atoms with Crippen LogP contribution in [0.1, 0.15) is 37.7 Å². The van der Waals surface area contributed by atoms with Crippen LogP contribution in [0.3, 0.4) is 0 Å². The number of nitrogens with one attached hydrogen (secondary N) is 2. The van der Waals surface area contributed by atoms with Gasteiger partial charge in [0.15, 0.2) is 11.5 Å². The molecule has 0 radical (unpaired) electrons. The zero-order chi connectivity index (χ0) is 14.5. The standard InChI is InChI=1S/C16H22N2O3/c19-16(18-13-3-1-2-4-13)7-8-17-10-12-5-6-14-15(9-12)21-11-20-14/h5-6,9,13,17H,1-4,7-8,10-11H2,(H,18,19). The molecule has 0 atom stereocenters.